The minimum absolute atomic E-state index is 0.236. The number of carboxylic acids is 2. The van der Waals surface area contributed by atoms with Crippen molar-refractivity contribution >= 4 is 29.7 Å². The van der Waals surface area contributed by atoms with Crippen molar-refractivity contribution in [2.24, 2.45) is 11.7 Å². The Balaban J connectivity index is 5.52. The Kier molecular flexibility index (Phi) is 11.6. The Labute approximate surface area is 174 Å². The molecule has 0 saturated heterocycles. The highest BCUT2D eigenvalue weighted by molar-refractivity contribution is 5.94. The van der Waals surface area contributed by atoms with E-state index in [1.807, 2.05) is 0 Å². The molecule has 0 aliphatic carbocycles. The maximum absolute atomic E-state index is 12.7. The van der Waals surface area contributed by atoms with Crippen molar-refractivity contribution < 1.29 is 39.3 Å². The van der Waals surface area contributed by atoms with Crippen molar-refractivity contribution in [1.82, 2.24) is 16.0 Å². The van der Waals surface area contributed by atoms with E-state index in [-0.39, 0.29) is 6.42 Å². The van der Waals surface area contributed by atoms with Crippen molar-refractivity contribution in [1.29, 1.82) is 0 Å². The molecule has 12 nitrogen and oxygen atoms in total. The topological polar surface area (TPSA) is 208 Å². The molecule has 8 N–H and O–H groups in total. The van der Waals surface area contributed by atoms with E-state index in [9.17, 15) is 29.1 Å². The summed E-state index contributed by atoms with van der Waals surface area (Å²) in [5.74, 6) is -5.38. The Bertz CT molecular complexity index is 638. The molecular formula is C18H32N4O8. The third-order valence-corrected chi connectivity index (χ3v) is 4.53. The number of aliphatic hydroxyl groups excluding tert-OH is 1. The van der Waals surface area contributed by atoms with Gasteiger partial charge in [0.15, 0.2) is 6.04 Å². The van der Waals surface area contributed by atoms with Crippen LogP contribution in [0.25, 0.3) is 0 Å². The molecule has 6 atom stereocenters. The van der Waals surface area contributed by atoms with Crippen LogP contribution >= 0.6 is 0 Å². The predicted molar refractivity (Wildman–Crippen MR) is 105 cm³/mol. The van der Waals surface area contributed by atoms with E-state index in [2.05, 4.69) is 16.0 Å². The van der Waals surface area contributed by atoms with Crippen LogP contribution in [-0.2, 0) is 24.0 Å². The van der Waals surface area contributed by atoms with Gasteiger partial charge < -0.3 is 37.0 Å². The molecule has 0 heterocycles. The molecule has 0 aromatic rings. The second-order valence-corrected chi connectivity index (χ2v) is 7.22. The zero-order valence-corrected chi connectivity index (χ0v) is 17.5. The van der Waals surface area contributed by atoms with Crippen molar-refractivity contribution in [3.63, 3.8) is 0 Å². The number of carbonyl (C=O) groups is 5. The lowest BCUT2D eigenvalue weighted by Gasteiger charge is -2.28. The number of nitrogens with two attached hydrogens (primary N) is 1. The third-order valence-electron chi connectivity index (χ3n) is 4.53. The van der Waals surface area contributed by atoms with Gasteiger partial charge in [-0.1, -0.05) is 20.3 Å². The molecule has 0 fully saturated rings. The quantitative estimate of drug-likeness (QED) is 0.174. The summed E-state index contributed by atoms with van der Waals surface area (Å²) in [6, 6.07) is -4.96. The van der Waals surface area contributed by atoms with Crippen molar-refractivity contribution in [3.05, 3.63) is 0 Å². The number of carbonyl (C=O) groups excluding carboxylic acids is 3. The van der Waals surface area contributed by atoms with Gasteiger partial charge in [-0.3, -0.25) is 19.2 Å². The first kappa shape index (κ1) is 27.3. The molecule has 0 aliphatic heterocycles. The zero-order valence-electron chi connectivity index (χ0n) is 17.5. The van der Waals surface area contributed by atoms with Gasteiger partial charge in [-0.15, -0.1) is 0 Å². The van der Waals surface area contributed by atoms with Crippen LogP contribution < -0.4 is 21.7 Å². The van der Waals surface area contributed by atoms with Crippen LogP contribution in [0.4, 0.5) is 0 Å². The molecule has 0 saturated carbocycles. The highest BCUT2D eigenvalue weighted by Crippen LogP contribution is 2.10. The fourth-order valence-electron chi connectivity index (χ4n) is 2.43. The van der Waals surface area contributed by atoms with E-state index in [1.165, 1.54) is 13.8 Å². The average Bonchev–Trinajstić information content (AvgIpc) is 2.65. The van der Waals surface area contributed by atoms with Gasteiger partial charge in [-0.25, -0.2) is 4.79 Å². The van der Waals surface area contributed by atoms with E-state index in [4.69, 9.17) is 15.9 Å². The Morgan fingerprint density at radius 3 is 1.80 bits per heavy atom. The van der Waals surface area contributed by atoms with Gasteiger partial charge in [0, 0.05) is 6.42 Å². The number of rotatable bonds is 13. The monoisotopic (exact) mass is 432 g/mol. The van der Waals surface area contributed by atoms with Gasteiger partial charge in [0.25, 0.3) is 0 Å². The summed E-state index contributed by atoms with van der Waals surface area (Å²) in [4.78, 5) is 59.3. The van der Waals surface area contributed by atoms with E-state index >= 15 is 0 Å². The molecule has 12 heteroatoms. The molecular weight excluding hydrogens is 400 g/mol. The van der Waals surface area contributed by atoms with Crippen LogP contribution in [0.2, 0.25) is 0 Å². The number of hydrogen-bond donors (Lipinski definition) is 7. The molecule has 0 spiro atoms. The zero-order chi connectivity index (χ0) is 23.6. The molecule has 0 aromatic heterocycles. The highest BCUT2D eigenvalue weighted by atomic mass is 16.4. The fraction of sp³-hybridized carbons (Fsp3) is 0.722. The van der Waals surface area contributed by atoms with Crippen molar-refractivity contribution in [2.45, 2.75) is 77.2 Å². The molecule has 0 rings (SSSR count). The molecule has 3 amide bonds. The average molecular weight is 432 g/mol. The molecule has 0 aromatic carbocycles. The maximum atomic E-state index is 12.7. The Morgan fingerprint density at radius 2 is 1.40 bits per heavy atom. The van der Waals surface area contributed by atoms with Crippen LogP contribution in [0, 0.1) is 5.92 Å². The summed E-state index contributed by atoms with van der Waals surface area (Å²) in [7, 11) is 0. The number of amides is 3. The highest BCUT2D eigenvalue weighted by Gasteiger charge is 2.33. The third kappa shape index (κ3) is 9.18. The molecule has 0 aliphatic rings. The minimum Gasteiger partial charge on any atom is -0.481 e. The summed E-state index contributed by atoms with van der Waals surface area (Å²) >= 11 is 0. The number of aliphatic carboxylic acids is 2. The van der Waals surface area contributed by atoms with Gasteiger partial charge in [0.05, 0.1) is 12.1 Å². The number of aliphatic hydroxyl groups is 1. The summed E-state index contributed by atoms with van der Waals surface area (Å²) < 4.78 is 0. The second-order valence-electron chi connectivity index (χ2n) is 7.22. The van der Waals surface area contributed by atoms with Crippen molar-refractivity contribution in [2.75, 3.05) is 0 Å². The van der Waals surface area contributed by atoms with Crippen LogP contribution in [0.15, 0.2) is 0 Å². The van der Waals surface area contributed by atoms with Gasteiger partial charge in [-0.2, -0.15) is 0 Å². The number of hydrogen-bond acceptors (Lipinski definition) is 7. The van der Waals surface area contributed by atoms with Gasteiger partial charge >= 0.3 is 11.9 Å². The largest absolute Gasteiger partial charge is 0.481 e. The number of carboxylic acid groups (broad SMARTS) is 2. The first-order valence-electron chi connectivity index (χ1n) is 9.61. The van der Waals surface area contributed by atoms with Crippen LogP contribution in [0.3, 0.4) is 0 Å². The van der Waals surface area contributed by atoms with Crippen LogP contribution in [-0.4, -0.2) is 75.3 Å². The molecule has 30 heavy (non-hydrogen) atoms. The van der Waals surface area contributed by atoms with Gasteiger partial charge in [0.1, 0.15) is 12.1 Å². The number of nitrogens with one attached hydrogen (secondary N) is 3. The molecule has 0 bridgehead atoms. The molecule has 6 unspecified atom stereocenters. The lowest BCUT2D eigenvalue weighted by molar-refractivity contribution is -0.145. The molecule has 0 radical (unpaired) electrons. The first-order chi connectivity index (χ1) is 13.8. The second kappa shape index (κ2) is 12.8. The summed E-state index contributed by atoms with van der Waals surface area (Å²) in [5.41, 5.74) is 5.47. The fourth-order valence-corrected chi connectivity index (χ4v) is 2.43. The molecule has 172 valence electrons. The Hall–Kier alpha value is -2.73. The normalized spacial score (nSPS) is 16.9. The lowest BCUT2D eigenvalue weighted by atomic mass is 9.97. The van der Waals surface area contributed by atoms with Gasteiger partial charge in [0.2, 0.25) is 17.7 Å². The summed E-state index contributed by atoms with van der Waals surface area (Å²) in [6.07, 6.45) is -1.59. The smallest absolute Gasteiger partial charge is 0.328 e. The maximum Gasteiger partial charge on any atom is 0.328 e. The van der Waals surface area contributed by atoms with Gasteiger partial charge in [-0.05, 0) is 26.2 Å². The van der Waals surface area contributed by atoms with Crippen LogP contribution in [0.1, 0.15) is 47.0 Å². The predicted octanol–water partition coefficient (Wildman–Crippen LogP) is -1.84. The van der Waals surface area contributed by atoms with E-state index in [0.29, 0.717) is 6.42 Å². The van der Waals surface area contributed by atoms with E-state index in [1.54, 1.807) is 13.8 Å². The van der Waals surface area contributed by atoms with E-state index < -0.39 is 72.3 Å². The van der Waals surface area contributed by atoms with Crippen molar-refractivity contribution in [3.8, 4) is 0 Å². The summed E-state index contributed by atoms with van der Waals surface area (Å²) in [6.45, 7) is 5.98. The minimum atomic E-state index is -1.58. The SMILES string of the molecule is CCC(C)C(NC(=O)C(CCC(=O)O)NC(=O)C(C)N)C(=O)NC(C(=O)O)C(C)O. The van der Waals surface area contributed by atoms with E-state index in [0.717, 1.165) is 0 Å². The van der Waals surface area contributed by atoms with Crippen LogP contribution in [0.5, 0.6) is 0 Å². The first-order valence-corrected chi connectivity index (χ1v) is 9.61. The summed E-state index contributed by atoms with van der Waals surface area (Å²) in [5, 5.41) is 34.5. The lowest BCUT2D eigenvalue weighted by Crippen LogP contribution is -2.59. The standard InChI is InChI=1S/C18H32N4O8/c1-5-8(2)13(17(28)22-14(10(4)23)18(29)30)21-16(27)11(6-7-12(24)25)20-15(26)9(3)19/h8-11,13-14,23H,5-7,19H2,1-4H3,(H,20,26)(H,21,27)(H,22,28)(H,24,25)(H,29,30). The Morgan fingerprint density at radius 1 is 0.867 bits per heavy atom.